The molecule has 0 amide bonds. The minimum Gasteiger partial charge on any atom is -0.327 e. The van der Waals surface area contributed by atoms with Crippen LogP contribution in [0.25, 0.3) is 11.0 Å². The van der Waals surface area contributed by atoms with Crippen LogP contribution < -0.4 is 5.56 Å². The standard InChI is InChI=1S/C22H18ClN5O/c1-2-27-19-11-7-6-10-18(19)26-21(27)16(12-24)17-13-25-28(22(29)20(17)23)14-15-8-4-3-5-9-15/h3-11,13,16H,2,14H2,1H3. The molecule has 0 spiro atoms. The fourth-order valence-corrected chi connectivity index (χ4v) is 3.72. The third-order valence-electron chi connectivity index (χ3n) is 4.89. The summed E-state index contributed by atoms with van der Waals surface area (Å²) in [5.74, 6) is -0.235. The Kier molecular flexibility index (Phi) is 5.15. The molecule has 0 saturated carbocycles. The van der Waals surface area contributed by atoms with Gasteiger partial charge in [-0.2, -0.15) is 10.4 Å². The number of hydrogen-bond donors (Lipinski definition) is 0. The molecule has 0 saturated heterocycles. The molecule has 2 aromatic carbocycles. The highest BCUT2D eigenvalue weighted by Gasteiger charge is 2.25. The zero-order valence-electron chi connectivity index (χ0n) is 15.8. The van der Waals surface area contributed by atoms with Crippen LogP contribution in [0.5, 0.6) is 0 Å². The SMILES string of the molecule is CCn1c(C(C#N)c2cnn(Cc3ccccc3)c(=O)c2Cl)nc2ccccc21. The molecule has 0 aliphatic rings. The second-order valence-corrected chi connectivity index (χ2v) is 7.01. The van der Waals surface area contributed by atoms with Crippen LogP contribution in [-0.2, 0) is 13.1 Å². The summed E-state index contributed by atoms with van der Waals surface area (Å²) in [4.78, 5) is 17.4. The van der Waals surface area contributed by atoms with Crippen LogP contribution in [0.1, 0.15) is 29.8 Å². The van der Waals surface area contributed by atoms with E-state index in [0.29, 0.717) is 24.5 Å². The van der Waals surface area contributed by atoms with E-state index in [4.69, 9.17) is 11.6 Å². The normalized spacial score (nSPS) is 12.0. The molecule has 4 rings (SSSR count). The maximum absolute atomic E-state index is 12.8. The topological polar surface area (TPSA) is 76.5 Å². The quantitative estimate of drug-likeness (QED) is 0.505. The monoisotopic (exact) mass is 403 g/mol. The van der Waals surface area contributed by atoms with Crippen LogP contribution in [0.3, 0.4) is 0 Å². The van der Waals surface area contributed by atoms with Gasteiger partial charge in [0.1, 0.15) is 16.8 Å². The molecule has 0 N–H and O–H groups in total. The number of rotatable bonds is 5. The Morgan fingerprint density at radius 3 is 2.59 bits per heavy atom. The molecule has 6 nitrogen and oxygen atoms in total. The second-order valence-electron chi connectivity index (χ2n) is 6.63. The third kappa shape index (κ3) is 3.41. The van der Waals surface area contributed by atoms with E-state index in [1.165, 1.54) is 10.9 Å². The summed E-state index contributed by atoms with van der Waals surface area (Å²) < 4.78 is 3.27. The van der Waals surface area contributed by atoms with Gasteiger partial charge >= 0.3 is 0 Å². The number of imidazole rings is 1. The smallest absolute Gasteiger partial charge is 0.286 e. The highest BCUT2D eigenvalue weighted by Crippen LogP contribution is 2.29. The maximum atomic E-state index is 12.8. The Morgan fingerprint density at radius 2 is 1.86 bits per heavy atom. The number of nitriles is 1. The lowest BCUT2D eigenvalue weighted by atomic mass is 10.0. The number of benzene rings is 2. The Bertz CT molecular complexity index is 1270. The largest absolute Gasteiger partial charge is 0.327 e. The number of halogens is 1. The first kappa shape index (κ1) is 18.9. The first-order valence-electron chi connectivity index (χ1n) is 9.28. The number of aromatic nitrogens is 4. The Labute approximate surface area is 172 Å². The molecule has 0 aliphatic heterocycles. The maximum Gasteiger partial charge on any atom is 0.286 e. The van der Waals surface area contributed by atoms with Crippen LogP contribution in [0, 0.1) is 11.3 Å². The molecule has 0 aliphatic carbocycles. The average molecular weight is 404 g/mol. The van der Waals surface area contributed by atoms with Crippen LogP contribution in [-0.4, -0.2) is 19.3 Å². The zero-order valence-corrected chi connectivity index (χ0v) is 16.5. The molecule has 0 radical (unpaired) electrons. The Balaban J connectivity index is 1.79. The molecule has 0 bridgehead atoms. The lowest BCUT2D eigenvalue weighted by Crippen LogP contribution is -2.26. The number of hydrogen-bond acceptors (Lipinski definition) is 4. The molecule has 7 heteroatoms. The van der Waals surface area contributed by atoms with Crippen molar-refractivity contribution < 1.29 is 0 Å². The fourth-order valence-electron chi connectivity index (χ4n) is 3.46. The van der Waals surface area contributed by atoms with E-state index in [-0.39, 0.29) is 5.02 Å². The zero-order chi connectivity index (χ0) is 20.4. The predicted molar refractivity (Wildman–Crippen MR) is 112 cm³/mol. The van der Waals surface area contributed by atoms with Crippen molar-refractivity contribution in [1.82, 2.24) is 19.3 Å². The van der Waals surface area contributed by atoms with Gasteiger partial charge < -0.3 is 4.57 Å². The van der Waals surface area contributed by atoms with Crippen molar-refractivity contribution in [1.29, 1.82) is 5.26 Å². The van der Waals surface area contributed by atoms with Gasteiger partial charge in [-0.15, -0.1) is 0 Å². The van der Waals surface area contributed by atoms with Gasteiger partial charge in [0, 0.05) is 12.1 Å². The van der Waals surface area contributed by atoms with Crippen LogP contribution in [0.4, 0.5) is 0 Å². The molecule has 2 aromatic heterocycles. The van der Waals surface area contributed by atoms with Crippen molar-refractivity contribution >= 4 is 22.6 Å². The molecular weight excluding hydrogens is 386 g/mol. The number of fused-ring (bicyclic) bond motifs is 1. The van der Waals surface area contributed by atoms with Crippen molar-refractivity contribution in [3.05, 3.63) is 93.1 Å². The molecule has 2 heterocycles. The van der Waals surface area contributed by atoms with E-state index < -0.39 is 11.5 Å². The summed E-state index contributed by atoms with van der Waals surface area (Å²) in [6, 6.07) is 19.5. The molecule has 4 aromatic rings. The van der Waals surface area contributed by atoms with Crippen molar-refractivity contribution in [3.63, 3.8) is 0 Å². The summed E-state index contributed by atoms with van der Waals surface area (Å²) in [7, 11) is 0. The predicted octanol–water partition coefficient (Wildman–Crippen LogP) is 3.97. The van der Waals surface area contributed by atoms with Gasteiger partial charge in [-0.25, -0.2) is 9.67 Å². The van der Waals surface area contributed by atoms with Gasteiger partial charge in [0.15, 0.2) is 0 Å². The molecule has 29 heavy (non-hydrogen) atoms. The van der Waals surface area contributed by atoms with Crippen molar-refractivity contribution in [2.75, 3.05) is 0 Å². The van der Waals surface area contributed by atoms with Gasteiger partial charge in [-0.3, -0.25) is 4.79 Å². The minimum absolute atomic E-state index is 0.00260. The first-order chi connectivity index (χ1) is 14.1. The van der Waals surface area contributed by atoms with E-state index in [1.807, 2.05) is 66.1 Å². The summed E-state index contributed by atoms with van der Waals surface area (Å²) in [5.41, 5.74) is 2.62. The fraction of sp³-hybridized carbons (Fsp3) is 0.182. The number of nitrogens with zero attached hydrogens (tertiary/aromatic N) is 5. The van der Waals surface area contributed by atoms with Crippen molar-refractivity contribution in [2.45, 2.75) is 25.9 Å². The highest BCUT2D eigenvalue weighted by molar-refractivity contribution is 6.31. The molecule has 0 fully saturated rings. The van der Waals surface area contributed by atoms with Gasteiger partial charge in [0.2, 0.25) is 0 Å². The molecule has 144 valence electrons. The highest BCUT2D eigenvalue weighted by atomic mass is 35.5. The summed E-state index contributed by atoms with van der Waals surface area (Å²) in [6.45, 7) is 2.94. The molecule has 1 unspecified atom stereocenters. The van der Waals surface area contributed by atoms with Crippen LogP contribution in [0.2, 0.25) is 5.02 Å². The van der Waals surface area contributed by atoms with Gasteiger partial charge in [0.05, 0.1) is 29.8 Å². The first-order valence-corrected chi connectivity index (χ1v) is 9.66. The Morgan fingerprint density at radius 1 is 1.14 bits per heavy atom. The van der Waals surface area contributed by atoms with Gasteiger partial charge in [0.25, 0.3) is 5.56 Å². The number of para-hydroxylation sites is 2. The number of aryl methyl sites for hydroxylation is 1. The third-order valence-corrected chi connectivity index (χ3v) is 5.27. The van der Waals surface area contributed by atoms with Crippen LogP contribution in [0.15, 0.2) is 65.6 Å². The summed E-state index contributed by atoms with van der Waals surface area (Å²) in [6.07, 6.45) is 1.50. The van der Waals surface area contributed by atoms with Crippen LogP contribution >= 0.6 is 11.6 Å². The molecular formula is C22H18ClN5O. The second kappa shape index (κ2) is 7.90. The summed E-state index contributed by atoms with van der Waals surface area (Å²) >= 11 is 6.42. The van der Waals surface area contributed by atoms with E-state index in [9.17, 15) is 10.1 Å². The van der Waals surface area contributed by atoms with E-state index in [2.05, 4.69) is 16.2 Å². The Hall–Kier alpha value is -3.43. The lowest BCUT2D eigenvalue weighted by molar-refractivity contribution is 0.629. The van der Waals surface area contributed by atoms with E-state index in [1.54, 1.807) is 0 Å². The van der Waals surface area contributed by atoms with Crippen molar-refractivity contribution in [3.8, 4) is 6.07 Å². The average Bonchev–Trinajstić information content (AvgIpc) is 3.12. The minimum atomic E-state index is -0.790. The van der Waals surface area contributed by atoms with Gasteiger partial charge in [-0.1, -0.05) is 54.1 Å². The molecule has 1 atom stereocenters. The van der Waals surface area contributed by atoms with Gasteiger partial charge in [-0.05, 0) is 24.6 Å². The van der Waals surface area contributed by atoms with E-state index in [0.717, 1.165) is 16.6 Å². The lowest BCUT2D eigenvalue weighted by Gasteiger charge is -2.14. The van der Waals surface area contributed by atoms with E-state index >= 15 is 0 Å². The summed E-state index contributed by atoms with van der Waals surface area (Å²) in [5, 5.41) is 14.2. The van der Waals surface area contributed by atoms with Crippen molar-refractivity contribution in [2.24, 2.45) is 0 Å².